The monoisotopic (exact) mass is 275 g/mol. The van der Waals surface area contributed by atoms with Gasteiger partial charge >= 0.3 is 0 Å². The molecule has 0 heterocycles. The quantitative estimate of drug-likeness (QED) is 0.782. The number of hydrogen-bond acceptors (Lipinski definition) is 5. The summed E-state index contributed by atoms with van der Waals surface area (Å²) in [6.07, 6.45) is -0.652. The molecule has 0 aliphatic heterocycles. The lowest BCUT2D eigenvalue weighted by Crippen LogP contribution is -2.24. The predicted octanol–water partition coefficient (Wildman–Crippen LogP) is 1.19. The van der Waals surface area contributed by atoms with E-state index in [9.17, 15) is 5.11 Å². The normalized spacial score (nSPS) is 12.3. The molecule has 0 radical (unpaired) electrons. The summed E-state index contributed by atoms with van der Waals surface area (Å²) in [6.45, 7) is 0.673. The molecule has 0 fully saturated rings. The lowest BCUT2D eigenvalue weighted by molar-refractivity contribution is 0.0328. The first-order valence-corrected chi connectivity index (χ1v) is 5.86. The van der Waals surface area contributed by atoms with Crippen LogP contribution in [0.2, 0.25) is 5.02 Å². The molecule has 0 saturated heterocycles. The largest absolute Gasteiger partial charge is 0.493 e. The number of halogens is 1. The molecule has 0 aliphatic rings. The van der Waals surface area contributed by atoms with Crippen LogP contribution in [0, 0.1) is 0 Å². The molecular weight excluding hydrogens is 258 g/mol. The summed E-state index contributed by atoms with van der Waals surface area (Å²) >= 11 is 6.05. The second-order valence-corrected chi connectivity index (χ2v) is 4.13. The van der Waals surface area contributed by atoms with Crippen molar-refractivity contribution < 1.29 is 19.3 Å². The highest BCUT2D eigenvalue weighted by atomic mass is 35.5. The van der Waals surface area contributed by atoms with E-state index in [1.807, 2.05) is 0 Å². The number of rotatable bonds is 7. The first kappa shape index (κ1) is 15.0. The predicted molar refractivity (Wildman–Crippen MR) is 69.3 cm³/mol. The van der Waals surface area contributed by atoms with Gasteiger partial charge in [0.05, 0.1) is 38.6 Å². The minimum Gasteiger partial charge on any atom is -0.493 e. The molecule has 1 rings (SSSR count). The fraction of sp³-hybridized carbons (Fsp3) is 0.500. The maximum Gasteiger partial charge on any atom is 0.179 e. The van der Waals surface area contributed by atoms with Gasteiger partial charge in [-0.1, -0.05) is 11.6 Å². The Balaban J connectivity index is 2.69. The number of nitrogens with two attached hydrogens (primary N) is 1. The second kappa shape index (κ2) is 7.43. The molecule has 5 nitrogen and oxygen atoms in total. The zero-order chi connectivity index (χ0) is 13.5. The lowest BCUT2D eigenvalue weighted by atomic mass is 10.2. The number of aliphatic hydroxyl groups excluding tert-OH is 1. The van der Waals surface area contributed by atoms with Gasteiger partial charge in [-0.05, 0) is 17.7 Å². The Morgan fingerprint density at radius 2 is 2.06 bits per heavy atom. The van der Waals surface area contributed by atoms with Crippen molar-refractivity contribution in [1.29, 1.82) is 0 Å². The van der Waals surface area contributed by atoms with Crippen molar-refractivity contribution in [1.82, 2.24) is 0 Å². The van der Waals surface area contributed by atoms with Crippen molar-refractivity contribution in [3.05, 3.63) is 22.7 Å². The molecule has 1 unspecified atom stereocenters. The molecule has 102 valence electrons. The van der Waals surface area contributed by atoms with Gasteiger partial charge in [0.15, 0.2) is 11.5 Å². The van der Waals surface area contributed by atoms with E-state index in [-0.39, 0.29) is 13.2 Å². The molecule has 1 aromatic rings. The topological polar surface area (TPSA) is 73.9 Å². The van der Waals surface area contributed by atoms with Gasteiger partial charge in [0.25, 0.3) is 0 Å². The Morgan fingerprint density at radius 1 is 1.33 bits per heavy atom. The third kappa shape index (κ3) is 4.03. The molecule has 0 spiro atoms. The van der Waals surface area contributed by atoms with Gasteiger partial charge in [0.2, 0.25) is 0 Å². The summed E-state index contributed by atoms with van der Waals surface area (Å²) in [5.74, 6) is 1.04. The van der Waals surface area contributed by atoms with Crippen molar-refractivity contribution in [3.8, 4) is 11.5 Å². The molecule has 3 N–H and O–H groups in total. The van der Waals surface area contributed by atoms with E-state index in [4.69, 9.17) is 31.5 Å². The molecule has 0 aromatic heterocycles. The summed E-state index contributed by atoms with van der Waals surface area (Å²) in [4.78, 5) is 0. The van der Waals surface area contributed by atoms with E-state index in [1.165, 1.54) is 14.2 Å². The van der Waals surface area contributed by atoms with Crippen LogP contribution in [-0.4, -0.2) is 38.6 Å². The van der Waals surface area contributed by atoms with E-state index in [2.05, 4.69) is 0 Å². The molecule has 0 bridgehead atoms. The van der Waals surface area contributed by atoms with Crippen molar-refractivity contribution in [3.63, 3.8) is 0 Å². The molecule has 1 aromatic carbocycles. The van der Waals surface area contributed by atoms with E-state index in [0.717, 1.165) is 5.56 Å². The van der Waals surface area contributed by atoms with Crippen LogP contribution >= 0.6 is 11.6 Å². The maximum atomic E-state index is 9.25. The summed E-state index contributed by atoms with van der Waals surface area (Å²) in [6, 6.07) is 3.51. The van der Waals surface area contributed by atoms with Crippen LogP contribution in [0.15, 0.2) is 12.1 Å². The first-order valence-electron chi connectivity index (χ1n) is 5.48. The van der Waals surface area contributed by atoms with E-state index in [1.54, 1.807) is 12.1 Å². The standard InChI is InChI=1S/C12H18ClNO4/c1-16-11-4-8(3-10(13)12(11)17-2)6-18-7-9(15)5-14/h3-4,9,15H,5-7,14H2,1-2H3. The minimum absolute atomic E-state index is 0.173. The maximum absolute atomic E-state index is 9.25. The average Bonchev–Trinajstić information content (AvgIpc) is 2.37. The van der Waals surface area contributed by atoms with Crippen LogP contribution in [0.25, 0.3) is 0 Å². The van der Waals surface area contributed by atoms with Gasteiger partial charge in [-0.25, -0.2) is 0 Å². The first-order chi connectivity index (χ1) is 8.62. The highest BCUT2D eigenvalue weighted by molar-refractivity contribution is 6.32. The van der Waals surface area contributed by atoms with Crippen LogP contribution in [0.3, 0.4) is 0 Å². The Kier molecular flexibility index (Phi) is 6.21. The highest BCUT2D eigenvalue weighted by Crippen LogP contribution is 2.36. The average molecular weight is 276 g/mol. The van der Waals surface area contributed by atoms with Gasteiger partial charge in [-0.2, -0.15) is 0 Å². The van der Waals surface area contributed by atoms with Gasteiger partial charge < -0.3 is 25.1 Å². The zero-order valence-electron chi connectivity index (χ0n) is 10.5. The number of benzene rings is 1. The molecular formula is C12H18ClNO4. The second-order valence-electron chi connectivity index (χ2n) is 3.72. The van der Waals surface area contributed by atoms with Gasteiger partial charge in [0, 0.05) is 6.54 Å². The van der Waals surface area contributed by atoms with Crippen LogP contribution < -0.4 is 15.2 Å². The van der Waals surface area contributed by atoms with Crippen molar-refractivity contribution in [2.45, 2.75) is 12.7 Å². The van der Waals surface area contributed by atoms with Crippen molar-refractivity contribution in [2.24, 2.45) is 5.73 Å². The van der Waals surface area contributed by atoms with E-state index in [0.29, 0.717) is 23.1 Å². The molecule has 18 heavy (non-hydrogen) atoms. The third-order valence-electron chi connectivity index (χ3n) is 2.34. The third-order valence-corrected chi connectivity index (χ3v) is 2.63. The fourth-order valence-electron chi connectivity index (χ4n) is 1.44. The minimum atomic E-state index is -0.652. The molecule has 0 aliphatic carbocycles. The van der Waals surface area contributed by atoms with E-state index >= 15 is 0 Å². The number of aliphatic hydroxyl groups is 1. The Morgan fingerprint density at radius 3 is 2.61 bits per heavy atom. The van der Waals surface area contributed by atoms with Crippen LogP contribution in [-0.2, 0) is 11.3 Å². The molecule has 6 heteroatoms. The van der Waals surface area contributed by atoms with Crippen LogP contribution in [0.5, 0.6) is 11.5 Å². The van der Waals surface area contributed by atoms with E-state index < -0.39 is 6.10 Å². The number of ether oxygens (including phenoxy) is 3. The Bertz CT molecular complexity index is 387. The SMILES string of the molecule is COc1cc(COCC(O)CN)cc(Cl)c1OC. The van der Waals surface area contributed by atoms with Gasteiger partial charge in [-0.15, -0.1) is 0 Å². The Hall–Kier alpha value is -1.01. The smallest absolute Gasteiger partial charge is 0.179 e. The zero-order valence-corrected chi connectivity index (χ0v) is 11.2. The summed E-state index contributed by atoms with van der Waals surface area (Å²) in [5, 5.41) is 9.71. The lowest BCUT2D eigenvalue weighted by Gasteiger charge is -2.13. The fourth-order valence-corrected chi connectivity index (χ4v) is 1.75. The molecule has 1 atom stereocenters. The molecule has 0 saturated carbocycles. The number of hydrogen-bond donors (Lipinski definition) is 2. The summed E-state index contributed by atoms with van der Waals surface area (Å²) < 4.78 is 15.6. The summed E-state index contributed by atoms with van der Waals surface area (Å²) in [7, 11) is 3.06. The van der Waals surface area contributed by atoms with Gasteiger partial charge in [-0.3, -0.25) is 0 Å². The van der Waals surface area contributed by atoms with Crippen molar-refractivity contribution >= 4 is 11.6 Å². The highest BCUT2D eigenvalue weighted by Gasteiger charge is 2.11. The molecule has 0 amide bonds. The van der Waals surface area contributed by atoms with Crippen LogP contribution in [0.4, 0.5) is 0 Å². The van der Waals surface area contributed by atoms with Gasteiger partial charge in [0.1, 0.15) is 0 Å². The Labute approximate surface area is 111 Å². The summed E-state index contributed by atoms with van der Waals surface area (Å²) in [5.41, 5.74) is 6.11. The van der Waals surface area contributed by atoms with Crippen LogP contribution in [0.1, 0.15) is 5.56 Å². The van der Waals surface area contributed by atoms with Crippen molar-refractivity contribution in [2.75, 3.05) is 27.4 Å². The number of methoxy groups -OCH3 is 2.